The van der Waals surface area contributed by atoms with E-state index in [1.54, 1.807) is 0 Å². The molecule has 0 bridgehead atoms. The predicted molar refractivity (Wildman–Crippen MR) is 143 cm³/mol. The molecule has 172 valence electrons. The van der Waals surface area contributed by atoms with Crippen molar-refractivity contribution in [3.8, 4) is 0 Å². The number of hydrogen-bond acceptors (Lipinski definition) is 1. The molecule has 1 heteroatoms. The topological polar surface area (TPSA) is 23.9 Å². The van der Waals surface area contributed by atoms with Gasteiger partial charge >= 0.3 is 0 Å². The van der Waals surface area contributed by atoms with Crippen LogP contribution in [0.2, 0.25) is 0 Å². The molecule has 2 atom stereocenters. The number of nitrogens with one attached hydrogen (secondary N) is 1. The van der Waals surface area contributed by atoms with Gasteiger partial charge in [-0.3, -0.25) is 0 Å². The van der Waals surface area contributed by atoms with Gasteiger partial charge in [-0.2, -0.15) is 0 Å². The maximum absolute atomic E-state index is 9.10. The van der Waals surface area contributed by atoms with Crippen molar-refractivity contribution in [3.05, 3.63) is 89.6 Å². The van der Waals surface area contributed by atoms with Crippen LogP contribution in [0.3, 0.4) is 0 Å². The van der Waals surface area contributed by atoms with Crippen molar-refractivity contribution in [2.45, 2.75) is 79.6 Å². The summed E-state index contributed by atoms with van der Waals surface area (Å²) >= 11 is 0. The van der Waals surface area contributed by atoms with Gasteiger partial charge < -0.3 is 5.41 Å². The molecule has 0 amide bonds. The molecule has 2 rings (SSSR count). The summed E-state index contributed by atoms with van der Waals surface area (Å²) < 4.78 is 0. The molecule has 1 aliphatic carbocycles. The highest BCUT2D eigenvalue weighted by Gasteiger charge is 2.34. The van der Waals surface area contributed by atoms with Gasteiger partial charge in [-0.15, -0.1) is 0 Å². The van der Waals surface area contributed by atoms with Crippen molar-refractivity contribution in [3.63, 3.8) is 0 Å². The van der Waals surface area contributed by atoms with Crippen LogP contribution in [-0.2, 0) is 0 Å². The van der Waals surface area contributed by atoms with Crippen LogP contribution in [0.4, 0.5) is 0 Å². The average Bonchev–Trinajstić information content (AvgIpc) is 2.83. The first-order valence-corrected chi connectivity index (χ1v) is 12.6. The first-order valence-electron chi connectivity index (χ1n) is 12.6. The van der Waals surface area contributed by atoms with Crippen LogP contribution in [0.5, 0.6) is 0 Å². The van der Waals surface area contributed by atoms with Gasteiger partial charge in [0.1, 0.15) is 0 Å². The van der Waals surface area contributed by atoms with Gasteiger partial charge in [0.2, 0.25) is 0 Å². The van der Waals surface area contributed by atoms with Crippen LogP contribution in [-0.4, -0.2) is 5.71 Å². The van der Waals surface area contributed by atoms with E-state index in [2.05, 4.69) is 107 Å². The van der Waals surface area contributed by atoms with E-state index in [1.807, 2.05) is 0 Å². The van der Waals surface area contributed by atoms with Gasteiger partial charge in [0.25, 0.3) is 0 Å². The monoisotopic (exact) mass is 429 g/mol. The lowest BCUT2D eigenvalue weighted by Crippen LogP contribution is -2.29. The second kappa shape index (κ2) is 13.2. The fraction of sp³-hybridized carbons (Fsp3) is 0.452. The number of rotatable bonds is 12. The van der Waals surface area contributed by atoms with E-state index in [9.17, 15) is 0 Å². The molecule has 0 spiro atoms. The molecule has 0 radical (unpaired) electrons. The van der Waals surface area contributed by atoms with Crippen molar-refractivity contribution >= 4 is 11.3 Å². The minimum absolute atomic E-state index is 0.0656. The summed E-state index contributed by atoms with van der Waals surface area (Å²) in [5.41, 5.74) is 5.71. The second-order valence-electron chi connectivity index (χ2n) is 9.11. The highest BCUT2D eigenvalue weighted by Crippen LogP contribution is 2.42. The van der Waals surface area contributed by atoms with E-state index in [0.717, 1.165) is 25.7 Å². The highest BCUT2D eigenvalue weighted by molar-refractivity contribution is 6.09. The van der Waals surface area contributed by atoms with Gasteiger partial charge in [0, 0.05) is 0 Å². The maximum atomic E-state index is 9.10. The zero-order chi connectivity index (χ0) is 23.4. The summed E-state index contributed by atoms with van der Waals surface area (Å²) in [5.74, 6) is 0.337. The van der Waals surface area contributed by atoms with Gasteiger partial charge in [0.15, 0.2) is 0 Å². The highest BCUT2D eigenvalue weighted by atomic mass is 14.5. The summed E-state index contributed by atoms with van der Waals surface area (Å²) in [6.45, 7) is 11.2. The maximum Gasteiger partial charge on any atom is 0.0578 e. The number of hydrogen-bond donors (Lipinski definition) is 1. The standard InChI is InChI=1S/C31H43N/c1-6-10-11-15-20-27(26-18-13-12-14-19-26)25(8-3)24-30(32)28-21-16-17-22-29(28)31(5,9-4)23-7-2/h7,12-14,16-21,23-24,29,32H,6,8-11,15,22H2,1-5H3/b23-7?,25-24-,27-20+,32-30?. The Morgan fingerprint density at radius 2 is 1.88 bits per heavy atom. The summed E-state index contributed by atoms with van der Waals surface area (Å²) in [4.78, 5) is 0. The molecular weight excluding hydrogens is 386 g/mol. The van der Waals surface area contributed by atoms with Crippen molar-refractivity contribution in [1.82, 2.24) is 0 Å². The smallest absolute Gasteiger partial charge is 0.0578 e. The minimum Gasteiger partial charge on any atom is -0.301 e. The lowest BCUT2D eigenvalue weighted by atomic mass is 9.67. The lowest BCUT2D eigenvalue weighted by molar-refractivity contribution is 0.289. The molecular formula is C31H43N. The van der Waals surface area contributed by atoms with Crippen molar-refractivity contribution in [1.29, 1.82) is 5.41 Å². The van der Waals surface area contributed by atoms with Crippen molar-refractivity contribution in [2.24, 2.45) is 11.3 Å². The Hall–Kier alpha value is -2.41. The van der Waals surface area contributed by atoms with E-state index < -0.39 is 0 Å². The molecule has 1 aromatic rings. The second-order valence-corrected chi connectivity index (χ2v) is 9.11. The Balaban J connectivity index is 2.42. The van der Waals surface area contributed by atoms with E-state index in [-0.39, 0.29) is 5.41 Å². The largest absolute Gasteiger partial charge is 0.301 e. The molecule has 0 saturated carbocycles. The summed E-state index contributed by atoms with van der Waals surface area (Å²) in [6.07, 6.45) is 23.4. The minimum atomic E-state index is 0.0656. The molecule has 0 aromatic heterocycles. The average molecular weight is 430 g/mol. The SMILES string of the molecule is CC=CC(C)(CC)C1CC=CC=C1C(=N)/C=C(CC)\C(=C/CCCCC)c1ccccc1. The third kappa shape index (κ3) is 6.79. The Morgan fingerprint density at radius 3 is 2.50 bits per heavy atom. The first kappa shape index (κ1) is 25.8. The Labute approximate surface area is 197 Å². The fourth-order valence-corrected chi connectivity index (χ4v) is 4.71. The van der Waals surface area contributed by atoms with Gasteiger partial charge in [-0.05, 0) is 78.7 Å². The van der Waals surface area contributed by atoms with Crippen LogP contribution in [0, 0.1) is 16.7 Å². The van der Waals surface area contributed by atoms with E-state index >= 15 is 0 Å². The Bertz CT molecular complexity index is 878. The Kier molecular flexibility index (Phi) is 10.7. The normalized spacial score (nSPS) is 19.2. The van der Waals surface area contributed by atoms with Crippen molar-refractivity contribution in [2.75, 3.05) is 0 Å². The zero-order valence-corrected chi connectivity index (χ0v) is 21.0. The van der Waals surface area contributed by atoms with Crippen molar-refractivity contribution < 1.29 is 0 Å². The summed E-state index contributed by atoms with van der Waals surface area (Å²) in [6, 6.07) is 10.7. The number of unbranched alkanes of at least 4 members (excludes halogenated alkanes) is 3. The molecule has 32 heavy (non-hydrogen) atoms. The molecule has 1 nitrogen and oxygen atoms in total. The van der Waals surface area contributed by atoms with Crippen LogP contribution in [0.1, 0.15) is 85.1 Å². The zero-order valence-electron chi connectivity index (χ0n) is 21.0. The van der Waals surface area contributed by atoms with Crippen LogP contribution in [0.25, 0.3) is 5.57 Å². The summed E-state index contributed by atoms with van der Waals surface area (Å²) in [5, 5.41) is 9.10. The molecule has 1 aromatic carbocycles. The van der Waals surface area contributed by atoms with Gasteiger partial charge in [0.05, 0.1) is 5.71 Å². The predicted octanol–water partition coefficient (Wildman–Crippen LogP) is 9.50. The van der Waals surface area contributed by atoms with Crippen LogP contribution < -0.4 is 0 Å². The molecule has 1 aliphatic rings. The molecule has 1 N–H and O–H groups in total. The van der Waals surface area contributed by atoms with E-state index in [4.69, 9.17) is 5.41 Å². The molecule has 0 saturated heterocycles. The molecule has 0 heterocycles. The number of benzene rings is 1. The van der Waals surface area contributed by atoms with E-state index in [1.165, 1.54) is 41.5 Å². The van der Waals surface area contributed by atoms with Gasteiger partial charge in [-0.25, -0.2) is 0 Å². The summed E-state index contributed by atoms with van der Waals surface area (Å²) in [7, 11) is 0. The first-order chi connectivity index (χ1) is 15.5. The third-order valence-corrected chi connectivity index (χ3v) is 6.86. The van der Waals surface area contributed by atoms with Gasteiger partial charge in [-0.1, -0.05) is 107 Å². The Morgan fingerprint density at radius 1 is 1.12 bits per heavy atom. The van der Waals surface area contributed by atoms with Crippen LogP contribution >= 0.6 is 0 Å². The fourth-order valence-electron chi connectivity index (χ4n) is 4.71. The third-order valence-electron chi connectivity index (χ3n) is 6.86. The molecule has 0 fully saturated rings. The molecule has 2 unspecified atom stereocenters. The van der Waals surface area contributed by atoms with E-state index in [0.29, 0.717) is 11.6 Å². The molecule has 0 aliphatic heterocycles. The lowest BCUT2D eigenvalue weighted by Gasteiger charge is -2.37. The van der Waals surface area contributed by atoms with Crippen LogP contribution in [0.15, 0.2) is 84.0 Å². The quantitative estimate of drug-likeness (QED) is 0.148. The number of allylic oxidation sites excluding steroid dienone is 10.